The van der Waals surface area contributed by atoms with Gasteiger partial charge in [-0.05, 0) is 41.8 Å². The third kappa shape index (κ3) is 6.44. The topological polar surface area (TPSA) is 67.7 Å². The SMILES string of the molecule is CN(Cc1ccc(N(C)C)cc1)C(=O)COC(=O)CCc1cnn(-c2ccccc2)c1. The molecular formula is C24H28N4O3. The van der Waals surface area contributed by atoms with E-state index in [1.807, 2.05) is 79.8 Å². The molecule has 1 heterocycles. The highest BCUT2D eigenvalue weighted by molar-refractivity contribution is 5.80. The first kappa shape index (κ1) is 22.1. The van der Waals surface area contributed by atoms with Gasteiger partial charge in [0.1, 0.15) is 0 Å². The van der Waals surface area contributed by atoms with Crippen molar-refractivity contribution in [2.45, 2.75) is 19.4 Å². The van der Waals surface area contributed by atoms with Gasteiger partial charge in [0.15, 0.2) is 6.61 Å². The Labute approximate surface area is 182 Å². The molecule has 31 heavy (non-hydrogen) atoms. The number of rotatable bonds is 9. The maximum absolute atomic E-state index is 12.3. The van der Waals surface area contributed by atoms with Gasteiger partial charge >= 0.3 is 5.97 Å². The Morgan fingerprint density at radius 2 is 1.68 bits per heavy atom. The summed E-state index contributed by atoms with van der Waals surface area (Å²) in [5, 5.41) is 4.32. The number of aryl methyl sites for hydroxylation is 1. The van der Waals surface area contributed by atoms with Crippen LogP contribution in [0.3, 0.4) is 0 Å². The molecule has 0 fully saturated rings. The van der Waals surface area contributed by atoms with E-state index in [1.165, 1.54) is 0 Å². The molecule has 0 atom stereocenters. The monoisotopic (exact) mass is 420 g/mol. The number of aromatic nitrogens is 2. The maximum Gasteiger partial charge on any atom is 0.306 e. The molecule has 1 aromatic heterocycles. The first-order chi connectivity index (χ1) is 14.9. The molecule has 3 aromatic rings. The molecule has 162 valence electrons. The number of amides is 1. The summed E-state index contributed by atoms with van der Waals surface area (Å²) in [4.78, 5) is 27.9. The van der Waals surface area contributed by atoms with Gasteiger partial charge in [-0.25, -0.2) is 4.68 Å². The lowest BCUT2D eigenvalue weighted by atomic mass is 10.2. The van der Waals surface area contributed by atoms with Crippen molar-refractivity contribution >= 4 is 17.6 Å². The molecule has 1 amide bonds. The molecule has 0 N–H and O–H groups in total. The van der Waals surface area contributed by atoms with Gasteiger partial charge < -0.3 is 14.5 Å². The Morgan fingerprint density at radius 3 is 2.35 bits per heavy atom. The summed E-state index contributed by atoms with van der Waals surface area (Å²) >= 11 is 0. The quantitative estimate of drug-likeness (QED) is 0.498. The van der Waals surface area contributed by atoms with E-state index in [0.717, 1.165) is 22.5 Å². The minimum Gasteiger partial charge on any atom is -0.456 e. The van der Waals surface area contributed by atoms with Crippen molar-refractivity contribution < 1.29 is 14.3 Å². The van der Waals surface area contributed by atoms with Crippen LogP contribution in [-0.2, 0) is 27.3 Å². The van der Waals surface area contributed by atoms with E-state index in [-0.39, 0.29) is 18.9 Å². The predicted octanol–water partition coefficient (Wildman–Crippen LogP) is 3.07. The number of ether oxygens (including phenoxy) is 1. The average Bonchev–Trinajstić information content (AvgIpc) is 3.26. The van der Waals surface area contributed by atoms with E-state index >= 15 is 0 Å². The predicted molar refractivity (Wildman–Crippen MR) is 120 cm³/mol. The number of hydrogen-bond donors (Lipinski definition) is 0. The Hall–Kier alpha value is -3.61. The number of hydrogen-bond acceptors (Lipinski definition) is 5. The van der Waals surface area contributed by atoms with E-state index in [1.54, 1.807) is 22.8 Å². The van der Waals surface area contributed by atoms with Gasteiger partial charge in [0.2, 0.25) is 0 Å². The van der Waals surface area contributed by atoms with Crippen LogP contribution < -0.4 is 4.90 Å². The third-order valence-corrected chi connectivity index (χ3v) is 4.93. The van der Waals surface area contributed by atoms with Crippen molar-refractivity contribution in [3.05, 3.63) is 78.1 Å². The lowest BCUT2D eigenvalue weighted by molar-refractivity contribution is -0.151. The molecule has 3 rings (SSSR count). The Kier molecular flexibility index (Phi) is 7.43. The highest BCUT2D eigenvalue weighted by Gasteiger charge is 2.13. The second-order valence-electron chi connectivity index (χ2n) is 7.60. The molecule has 0 aliphatic heterocycles. The zero-order valence-corrected chi connectivity index (χ0v) is 18.2. The summed E-state index contributed by atoms with van der Waals surface area (Å²) in [6.45, 7) is 0.206. The summed E-state index contributed by atoms with van der Waals surface area (Å²) in [6, 6.07) is 17.8. The fourth-order valence-electron chi connectivity index (χ4n) is 3.04. The zero-order valence-electron chi connectivity index (χ0n) is 18.2. The summed E-state index contributed by atoms with van der Waals surface area (Å²) in [5.74, 6) is -0.633. The fraction of sp³-hybridized carbons (Fsp3) is 0.292. The number of para-hydroxylation sites is 1. The first-order valence-corrected chi connectivity index (χ1v) is 10.2. The van der Waals surface area contributed by atoms with E-state index < -0.39 is 5.97 Å². The van der Waals surface area contributed by atoms with Crippen LogP contribution in [0.4, 0.5) is 5.69 Å². The van der Waals surface area contributed by atoms with Crippen LogP contribution in [0.2, 0.25) is 0 Å². The number of esters is 1. The van der Waals surface area contributed by atoms with Crippen molar-refractivity contribution in [1.82, 2.24) is 14.7 Å². The Morgan fingerprint density at radius 1 is 0.968 bits per heavy atom. The standard InChI is InChI=1S/C24H28N4O3/c1-26(2)21-12-9-19(10-13-21)16-27(3)23(29)18-31-24(30)14-11-20-15-25-28(17-20)22-7-5-4-6-8-22/h4-10,12-13,15,17H,11,14,16,18H2,1-3H3. The van der Waals surface area contributed by atoms with Crippen molar-refractivity contribution in [3.63, 3.8) is 0 Å². The fourth-order valence-corrected chi connectivity index (χ4v) is 3.04. The van der Waals surface area contributed by atoms with Crippen LogP contribution >= 0.6 is 0 Å². The molecule has 7 nitrogen and oxygen atoms in total. The largest absolute Gasteiger partial charge is 0.456 e. The number of carbonyl (C=O) groups is 2. The molecule has 0 radical (unpaired) electrons. The highest BCUT2D eigenvalue weighted by atomic mass is 16.5. The van der Waals surface area contributed by atoms with Gasteiger partial charge in [0, 0.05) is 46.0 Å². The van der Waals surface area contributed by atoms with Gasteiger partial charge in [-0.15, -0.1) is 0 Å². The molecule has 0 aliphatic carbocycles. The van der Waals surface area contributed by atoms with Gasteiger partial charge in [0.25, 0.3) is 5.91 Å². The number of anilines is 1. The second kappa shape index (κ2) is 10.4. The van der Waals surface area contributed by atoms with Crippen molar-refractivity contribution in [1.29, 1.82) is 0 Å². The van der Waals surface area contributed by atoms with Crippen LogP contribution in [0.5, 0.6) is 0 Å². The third-order valence-electron chi connectivity index (χ3n) is 4.93. The lowest BCUT2D eigenvalue weighted by Gasteiger charge is -2.18. The van der Waals surface area contributed by atoms with Crippen LogP contribution in [-0.4, -0.2) is 54.3 Å². The van der Waals surface area contributed by atoms with E-state index in [4.69, 9.17) is 4.74 Å². The van der Waals surface area contributed by atoms with Gasteiger partial charge in [-0.3, -0.25) is 9.59 Å². The number of nitrogens with zero attached hydrogens (tertiary/aromatic N) is 4. The number of benzene rings is 2. The first-order valence-electron chi connectivity index (χ1n) is 10.2. The number of carbonyl (C=O) groups excluding carboxylic acids is 2. The summed E-state index contributed by atoms with van der Waals surface area (Å²) in [6.07, 6.45) is 4.33. The Bertz CT molecular complexity index is 997. The molecule has 0 bridgehead atoms. The minimum absolute atomic E-state index is 0.198. The average molecular weight is 421 g/mol. The van der Waals surface area contributed by atoms with Crippen LogP contribution in [0, 0.1) is 0 Å². The van der Waals surface area contributed by atoms with Gasteiger partial charge in [-0.1, -0.05) is 30.3 Å². The summed E-state index contributed by atoms with van der Waals surface area (Å²) < 4.78 is 6.93. The smallest absolute Gasteiger partial charge is 0.306 e. The van der Waals surface area contributed by atoms with Crippen LogP contribution in [0.15, 0.2) is 67.0 Å². The molecule has 0 saturated carbocycles. The summed E-state index contributed by atoms with van der Waals surface area (Å²) in [7, 11) is 5.66. The Balaban J connectivity index is 1.40. The summed E-state index contributed by atoms with van der Waals surface area (Å²) in [5.41, 5.74) is 4.01. The van der Waals surface area contributed by atoms with E-state index in [0.29, 0.717) is 13.0 Å². The molecular weight excluding hydrogens is 392 g/mol. The molecule has 0 aliphatic rings. The van der Waals surface area contributed by atoms with Crippen LogP contribution in [0.1, 0.15) is 17.5 Å². The normalized spacial score (nSPS) is 10.5. The lowest BCUT2D eigenvalue weighted by Crippen LogP contribution is -2.30. The highest BCUT2D eigenvalue weighted by Crippen LogP contribution is 2.13. The zero-order chi connectivity index (χ0) is 22.2. The maximum atomic E-state index is 12.3. The van der Waals surface area contributed by atoms with Crippen molar-refractivity contribution in [2.75, 3.05) is 32.6 Å². The molecule has 0 unspecified atom stereocenters. The van der Waals surface area contributed by atoms with Crippen molar-refractivity contribution in [3.8, 4) is 5.69 Å². The minimum atomic E-state index is -0.399. The number of likely N-dealkylation sites (N-methyl/N-ethyl adjacent to an activating group) is 1. The molecule has 7 heteroatoms. The van der Waals surface area contributed by atoms with E-state index in [2.05, 4.69) is 5.10 Å². The van der Waals surface area contributed by atoms with Gasteiger partial charge in [-0.2, -0.15) is 5.10 Å². The van der Waals surface area contributed by atoms with E-state index in [9.17, 15) is 9.59 Å². The van der Waals surface area contributed by atoms with Gasteiger partial charge in [0.05, 0.1) is 11.9 Å². The van der Waals surface area contributed by atoms with Crippen molar-refractivity contribution in [2.24, 2.45) is 0 Å². The molecule has 0 spiro atoms. The molecule has 0 saturated heterocycles. The molecule has 2 aromatic carbocycles. The second-order valence-corrected chi connectivity index (χ2v) is 7.60. The van der Waals surface area contributed by atoms with Crippen LogP contribution in [0.25, 0.3) is 5.69 Å².